The molecule has 0 saturated heterocycles. The Kier molecular flexibility index (Phi) is 3.50. The van der Waals surface area contributed by atoms with Gasteiger partial charge < -0.3 is 4.74 Å². The fraction of sp³-hybridized carbons (Fsp3) is 0.0714. The molecule has 0 spiro atoms. The lowest BCUT2D eigenvalue weighted by molar-refractivity contribution is -0.137. The van der Waals surface area contributed by atoms with Crippen molar-refractivity contribution in [3.8, 4) is 17.4 Å². The molecule has 0 atom stereocenters. The molecule has 0 amide bonds. The van der Waals surface area contributed by atoms with Crippen LogP contribution in [0.15, 0.2) is 54.6 Å². The number of hydrogen-bond donors (Lipinski definition) is 0. The van der Waals surface area contributed by atoms with E-state index in [1.165, 1.54) is 16.8 Å². The molecular formula is C14H9F3N4O. The van der Waals surface area contributed by atoms with Crippen LogP contribution >= 0.6 is 0 Å². The molecule has 3 aromatic rings. The highest BCUT2D eigenvalue weighted by Crippen LogP contribution is 2.32. The van der Waals surface area contributed by atoms with Crippen molar-refractivity contribution in [3.05, 3.63) is 60.2 Å². The molecule has 0 aliphatic heterocycles. The zero-order valence-corrected chi connectivity index (χ0v) is 11.0. The Balaban J connectivity index is 1.91. The average Bonchev–Trinajstić information content (AvgIpc) is 2.96. The monoisotopic (exact) mass is 306 g/mol. The van der Waals surface area contributed by atoms with Gasteiger partial charge in [0.25, 0.3) is 0 Å². The highest BCUT2D eigenvalue weighted by Gasteiger charge is 2.30. The third kappa shape index (κ3) is 2.90. The van der Waals surface area contributed by atoms with Crippen molar-refractivity contribution < 1.29 is 17.9 Å². The lowest BCUT2D eigenvalue weighted by Crippen LogP contribution is -2.05. The van der Waals surface area contributed by atoms with Crippen molar-refractivity contribution in [2.24, 2.45) is 0 Å². The lowest BCUT2D eigenvalue weighted by Gasteiger charge is -2.09. The van der Waals surface area contributed by atoms with Gasteiger partial charge in [-0.05, 0) is 40.8 Å². The molecule has 0 radical (unpaired) electrons. The van der Waals surface area contributed by atoms with Gasteiger partial charge in [0.2, 0.25) is 0 Å². The van der Waals surface area contributed by atoms with Gasteiger partial charge in [0, 0.05) is 0 Å². The maximum atomic E-state index is 12.7. The highest BCUT2D eigenvalue weighted by molar-refractivity contribution is 5.35. The van der Waals surface area contributed by atoms with Gasteiger partial charge in [0.15, 0.2) is 0 Å². The molecule has 0 saturated carbocycles. The van der Waals surface area contributed by atoms with Crippen LogP contribution in [0.5, 0.6) is 11.8 Å². The van der Waals surface area contributed by atoms with Crippen LogP contribution in [0.3, 0.4) is 0 Å². The summed E-state index contributed by atoms with van der Waals surface area (Å²) in [5.41, 5.74) is -0.168. The van der Waals surface area contributed by atoms with Gasteiger partial charge in [-0.25, -0.2) is 0 Å². The van der Waals surface area contributed by atoms with Gasteiger partial charge in [-0.15, -0.1) is 0 Å². The minimum atomic E-state index is -4.44. The summed E-state index contributed by atoms with van der Waals surface area (Å²) >= 11 is 0. The predicted octanol–water partition coefficient (Wildman–Crippen LogP) is 3.47. The summed E-state index contributed by atoms with van der Waals surface area (Å²) in [7, 11) is 0. The van der Waals surface area contributed by atoms with Crippen LogP contribution in [-0.4, -0.2) is 20.2 Å². The first-order valence-electron chi connectivity index (χ1n) is 6.23. The normalized spacial score (nSPS) is 11.4. The number of ether oxygens (including phenoxy) is 1. The van der Waals surface area contributed by atoms with E-state index in [0.29, 0.717) is 5.69 Å². The third-order valence-corrected chi connectivity index (χ3v) is 2.81. The summed E-state index contributed by atoms with van der Waals surface area (Å²) in [5.74, 6) is 0.00167. The first kappa shape index (κ1) is 14.1. The van der Waals surface area contributed by atoms with Crippen molar-refractivity contribution in [3.63, 3.8) is 0 Å². The minimum absolute atomic E-state index is 0.00167. The Morgan fingerprint density at radius 3 is 2.45 bits per heavy atom. The van der Waals surface area contributed by atoms with Gasteiger partial charge in [0.05, 0.1) is 11.3 Å². The number of rotatable bonds is 3. The zero-order valence-electron chi connectivity index (χ0n) is 11.0. The fourth-order valence-electron chi connectivity index (χ4n) is 1.82. The molecule has 22 heavy (non-hydrogen) atoms. The summed E-state index contributed by atoms with van der Waals surface area (Å²) in [6.07, 6.45) is -4.44. The quantitative estimate of drug-likeness (QED) is 0.743. The van der Waals surface area contributed by atoms with Crippen molar-refractivity contribution in [2.75, 3.05) is 0 Å². The van der Waals surface area contributed by atoms with E-state index in [2.05, 4.69) is 15.5 Å². The molecule has 1 aromatic heterocycles. The average molecular weight is 306 g/mol. The number of halogens is 3. The second-order valence-electron chi connectivity index (χ2n) is 4.34. The minimum Gasteiger partial charge on any atom is -0.423 e. The van der Waals surface area contributed by atoms with Crippen LogP contribution < -0.4 is 4.74 Å². The topological polar surface area (TPSA) is 52.8 Å². The Hall–Kier alpha value is -2.90. The summed E-state index contributed by atoms with van der Waals surface area (Å²) < 4.78 is 44.7. The Morgan fingerprint density at radius 2 is 1.73 bits per heavy atom. The molecule has 0 N–H and O–H groups in total. The lowest BCUT2D eigenvalue weighted by atomic mass is 10.2. The predicted molar refractivity (Wildman–Crippen MR) is 70.7 cm³/mol. The van der Waals surface area contributed by atoms with Crippen molar-refractivity contribution in [1.29, 1.82) is 0 Å². The van der Waals surface area contributed by atoms with Gasteiger partial charge in [-0.1, -0.05) is 29.4 Å². The van der Waals surface area contributed by atoms with Crippen LogP contribution in [-0.2, 0) is 6.18 Å². The number of hydrogen-bond acceptors (Lipinski definition) is 4. The largest absolute Gasteiger partial charge is 0.423 e. The standard InChI is InChI=1S/C14H9F3N4O/c15-14(16,17)10-5-4-8-12(9-10)22-13-18-19-20-21(13)11-6-2-1-3-7-11/h1-9H. The van der Waals surface area contributed by atoms with Gasteiger partial charge >= 0.3 is 12.2 Å². The molecule has 8 heteroatoms. The van der Waals surface area contributed by atoms with Gasteiger partial charge in [-0.3, -0.25) is 0 Å². The zero-order chi connectivity index (χ0) is 15.6. The van der Waals surface area contributed by atoms with Crippen molar-refractivity contribution in [2.45, 2.75) is 6.18 Å². The number of nitrogens with zero attached hydrogens (tertiary/aromatic N) is 4. The maximum absolute atomic E-state index is 12.7. The van der Waals surface area contributed by atoms with E-state index in [1.54, 1.807) is 24.3 Å². The second-order valence-corrected chi connectivity index (χ2v) is 4.34. The van der Waals surface area contributed by atoms with Gasteiger partial charge in [0.1, 0.15) is 5.75 Å². The van der Waals surface area contributed by atoms with E-state index in [0.717, 1.165) is 12.1 Å². The van der Waals surface area contributed by atoms with E-state index < -0.39 is 11.7 Å². The molecule has 2 aromatic carbocycles. The van der Waals surface area contributed by atoms with E-state index in [4.69, 9.17) is 4.74 Å². The first-order valence-corrected chi connectivity index (χ1v) is 6.23. The molecule has 0 fully saturated rings. The van der Waals surface area contributed by atoms with E-state index in [1.807, 2.05) is 6.07 Å². The molecule has 3 rings (SSSR count). The molecule has 5 nitrogen and oxygen atoms in total. The van der Waals surface area contributed by atoms with E-state index in [-0.39, 0.29) is 11.8 Å². The van der Waals surface area contributed by atoms with Crippen molar-refractivity contribution >= 4 is 0 Å². The van der Waals surface area contributed by atoms with Crippen LogP contribution in [0.1, 0.15) is 5.56 Å². The number of para-hydroxylation sites is 1. The number of benzene rings is 2. The van der Waals surface area contributed by atoms with Crippen molar-refractivity contribution in [1.82, 2.24) is 20.2 Å². The molecule has 112 valence electrons. The Morgan fingerprint density at radius 1 is 0.955 bits per heavy atom. The first-order chi connectivity index (χ1) is 10.5. The molecular weight excluding hydrogens is 297 g/mol. The van der Waals surface area contributed by atoms with Crippen LogP contribution in [0, 0.1) is 0 Å². The third-order valence-electron chi connectivity index (χ3n) is 2.81. The van der Waals surface area contributed by atoms with Crippen LogP contribution in [0.2, 0.25) is 0 Å². The Labute approximate surface area is 123 Å². The smallest absolute Gasteiger partial charge is 0.416 e. The number of aromatic nitrogens is 4. The molecule has 0 aliphatic carbocycles. The summed E-state index contributed by atoms with van der Waals surface area (Å²) in [4.78, 5) is 0. The molecule has 0 bridgehead atoms. The summed E-state index contributed by atoms with van der Waals surface area (Å²) in [6.45, 7) is 0. The Bertz CT molecular complexity index is 771. The molecule has 0 unspecified atom stereocenters. The van der Waals surface area contributed by atoms with Crippen LogP contribution in [0.25, 0.3) is 5.69 Å². The summed E-state index contributed by atoms with van der Waals surface area (Å²) in [6, 6.07) is 13.4. The molecule has 0 aliphatic rings. The van der Waals surface area contributed by atoms with Gasteiger partial charge in [-0.2, -0.15) is 17.9 Å². The van der Waals surface area contributed by atoms with E-state index >= 15 is 0 Å². The van der Waals surface area contributed by atoms with Crippen LogP contribution in [0.4, 0.5) is 13.2 Å². The number of alkyl halides is 3. The SMILES string of the molecule is FC(F)(F)c1cccc(Oc2nnnn2-c2ccccc2)c1. The second kappa shape index (κ2) is 5.47. The maximum Gasteiger partial charge on any atom is 0.416 e. The highest BCUT2D eigenvalue weighted by atomic mass is 19.4. The summed E-state index contributed by atoms with van der Waals surface area (Å²) in [5, 5.41) is 10.9. The number of tetrazole rings is 1. The van der Waals surface area contributed by atoms with E-state index in [9.17, 15) is 13.2 Å². The fourth-order valence-corrected chi connectivity index (χ4v) is 1.82. The molecule has 1 heterocycles.